The molecule has 0 amide bonds. The second kappa shape index (κ2) is 6.66. The van der Waals surface area contributed by atoms with Gasteiger partial charge in [0.15, 0.2) is 5.58 Å². The normalized spacial score (nSPS) is 12.1. The lowest BCUT2D eigenvalue weighted by atomic mass is 10.0. The molecule has 0 aliphatic heterocycles. The van der Waals surface area contributed by atoms with Gasteiger partial charge in [-0.1, -0.05) is 11.6 Å². The van der Waals surface area contributed by atoms with E-state index in [-0.39, 0.29) is 27.1 Å². The predicted molar refractivity (Wildman–Crippen MR) is 94.1 cm³/mol. The zero-order valence-electron chi connectivity index (χ0n) is 13.6. The van der Waals surface area contributed by atoms with Crippen molar-refractivity contribution in [1.29, 1.82) is 0 Å². The number of thioether (sulfide) groups is 1. The third-order valence-corrected chi connectivity index (χ3v) is 4.77. The largest absolute Gasteiger partial charge is 0.459 e. The van der Waals surface area contributed by atoms with Crippen LogP contribution in [0.4, 0.5) is 17.6 Å². The average Bonchev–Trinajstić information content (AvgIpc) is 2.94. The summed E-state index contributed by atoms with van der Waals surface area (Å²) in [6, 6.07) is 4.26. The van der Waals surface area contributed by atoms with E-state index >= 15 is 0 Å². The molecule has 138 valence electrons. The van der Waals surface area contributed by atoms with Crippen LogP contribution in [0.1, 0.15) is 11.5 Å². The maximum absolute atomic E-state index is 14.6. The van der Waals surface area contributed by atoms with Gasteiger partial charge in [0.1, 0.15) is 17.3 Å². The fourth-order valence-corrected chi connectivity index (χ4v) is 3.44. The molecule has 2 aromatic heterocycles. The van der Waals surface area contributed by atoms with Gasteiger partial charge in [-0.05, 0) is 30.5 Å². The van der Waals surface area contributed by atoms with Crippen molar-refractivity contribution in [2.24, 2.45) is 7.05 Å². The molecule has 26 heavy (non-hydrogen) atoms. The molecule has 0 saturated heterocycles. The number of hydrogen-bond donors (Lipinski definition) is 0. The summed E-state index contributed by atoms with van der Waals surface area (Å²) in [5.74, 6) is 0.206. The number of fused-ring (bicyclic) bond motifs is 1. The molecule has 0 N–H and O–H groups in total. The lowest BCUT2D eigenvalue weighted by molar-refractivity contribution is -0.143. The number of alkyl halides is 3. The van der Waals surface area contributed by atoms with E-state index in [0.29, 0.717) is 16.1 Å². The van der Waals surface area contributed by atoms with Crippen LogP contribution in [-0.2, 0) is 19.0 Å². The monoisotopic (exact) mass is 405 g/mol. The maximum Gasteiger partial charge on any atom is 0.431 e. The second-order valence-corrected chi connectivity index (χ2v) is 6.87. The summed E-state index contributed by atoms with van der Waals surface area (Å²) in [7, 11) is 0.994. The van der Waals surface area contributed by atoms with Crippen molar-refractivity contribution in [3.63, 3.8) is 0 Å². The number of benzene rings is 1. The molecule has 2 heterocycles. The highest BCUT2D eigenvalue weighted by atomic mass is 35.5. The first kappa shape index (κ1) is 18.8. The third kappa shape index (κ3) is 3.12. The Bertz CT molecular complexity index is 1060. The summed E-state index contributed by atoms with van der Waals surface area (Å²) in [6.45, 7) is 0. The van der Waals surface area contributed by atoms with Crippen LogP contribution in [0.3, 0.4) is 0 Å². The summed E-state index contributed by atoms with van der Waals surface area (Å²) < 4.78 is 59.6. The molecule has 0 radical (unpaired) electrons. The molecule has 0 aliphatic rings. The minimum absolute atomic E-state index is 0.0253. The Hall–Kier alpha value is -1.93. The first-order chi connectivity index (χ1) is 12.1. The summed E-state index contributed by atoms with van der Waals surface area (Å²) in [4.78, 5) is 12.5. The van der Waals surface area contributed by atoms with Crippen molar-refractivity contribution in [1.82, 2.24) is 4.57 Å². The first-order valence-corrected chi connectivity index (χ1v) is 9.09. The van der Waals surface area contributed by atoms with Gasteiger partial charge in [-0.2, -0.15) is 24.9 Å². The van der Waals surface area contributed by atoms with E-state index in [0.717, 1.165) is 25.2 Å². The number of aromatic nitrogens is 1. The van der Waals surface area contributed by atoms with Gasteiger partial charge >= 0.3 is 6.18 Å². The number of pyridine rings is 1. The fourth-order valence-electron chi connectivity index (χ4n) is 2.78. The molecule has 0 bridgehead atoms. The van der Waals surface area contributed by atoms with E-state index in [9.17, 15) is 22.4 Å². The van der Waals surface area contributed by atoms with Gasteiger partial charge in [-0.15, -0.1) is 0 Å². The smallest absolute Gasteiger partial charge is 0.431 e. The van der Waals surface area contributed by atoms with E-state index in [4.69, 9.17) is 16.0 Å². The lowest BCUT2D eigenvalue weighted by Crippen LogP contribution is -2.26. The lowest BCUT2D eigenvalue weighted by Gasteiger charge is -2.13. The van der Waals surface area contributed by atoms with Crippen molar-refractivity contribution >= 4 is 34.3 Å². The SMILES string of the molecule is CSCc1cc2c(-c3ccc(C(F)(F)F)n(C)c3=O)c(F)cc(Cl)c2o1. The number of nitrogens with zero attached hydrogens (tertiary/aromatic N) is 1. The van der Waals surface area contributed by atoms with Crippen molar-refractivity contribution in [2.45, 2.75) is 11.9 Å². The van der Waals surface area contributed by atoms with Gasteiger partial charge in [0.2, 0.25) is 0 Å². The molecule has 0 fully saturated rings. The molecule has 3 nitrogen and oxygen atoms in total. The number of halogens is 5. The summed E-state index contributed by atoms with van der Waals surface area (Å²) in [6.07, 6.45) is -2.84. The van der Waals surface area contributed by atoms with Gasteiger partial charge < -0.3 is 8.98 Å². The molecule has 0 atom stereocenters. The summed E-state index contributed by atoms with van der Waals surface area (Å²) in [5.41, 5.74) is -2.22. The molecular weight excluding hydrogens is 394 g/mol. The highest BCUT2D eigenvalue weighted by molar-refractivity contribution is 7.97. The van der Waals surface area contributed by atoms with Crippen LogP contribution in [0, 0.1) is 5.82 Å². The third-order valence-electron chi connectivity index (χ3n) is 3.91. The minimum atomic E-state index is -4.69. The Morgan fingerprint density at radius 2 is 1.96 bits per heavy atom. The van der Waals surface area contributed by atoms with Crippen LogP contribution in [0.2, 0.25) is 5.02 Å². The second-order valence-electron chi connectivity index (χ2n) is 5.60. The average molecular weight is 406 g/mol. The van der Waals surface area contributed by atoms with Gasteiger partial charge in [-0.25, -0.2) is 4.39 Å². The Balaban J connectivity index is 2.32. The topological polar surface area (TPSA) is 35.1 Å². The van der Waals surface area contributed by atoms with E-state index in [2.05, 4.69) is 0 Å². The highest BCUT2D eigenvalue weighted by Crippen LogP contribution is 2.38. The van der Waals surface area contributed by atoms with Crippen molar-refractivity contribution in [3.05, 3.63) is 56.9 Å². The van der Waals surface area contributed by atoms with E-state index in [1.165, 1.54) is 11.8 Å². The Labute approximate surface area is 154 Å². The molecular formula is C17H12ClF4NO2S. The Kier molecular flexibility index (Phi) is 4.83. The summed E-state index contributed by atoms with van der Waals surface area (Å²) >= 11 is 7.49. The zero-order chi connectivity index (χ0) is 19.2. The van der Waals surface area contributed by atoms with E-state index in [1.54, 1.807) is 6.07 Å². The van der Waals surface area contributed by atoms with Gasteiger partial charge in [0.25, 0.3) is 5.56 Å². The zero-order valence-corrected chi connectivity index (χ0v) is 15.2. The fraction of sp³-hybridized carbons (Fsp3) is 0.235. The first-order valence-electron chi connectivity index (χ1n) is 7.32. The molecule has 9 heteroatoms. The molecule has 0 saturated carbocycles. The highest BCUT2D eigenvalue weighted by Gasteiger charge is 2.34. The predicted octanol–water partition coefficient (Wildman–Crippen LogP) is 5.47. The van der Waals surface area contributed by atoms with Crippen molar-refractivity contribution < 1.29 is 22.0 Å². The molecule has 0 spiro atoms. The van der Waals surface area contributed by atoms with Gasteiger partial charge in [0, 0.05) is 18.0 Å². The van der Waals surface area contributed by atoms with Crippen LogP contribution in [-0.4, -0.2) is 10.8 Å². The standard InChI is InChI=1S/C17H12ClF4NO2S/c1-23-13(17(20,21)22)4-3-9(16(23)24)14-10-5-8(7-26-2)25-15(10)11(18)6-12(14)19/h3-6H,7H2,1-2H3. The van der Waals surface area contributed by atoms with Gasteiger partial charge in [-0.3, -0.25) is 4.79 Å². The van der Waals surface area contributed by atoms with Crippen LogP contribution >= 0.6 is 23.4 Å². The van der Waals surface area contributed by atoms with Crippen LogP contribution in [0.5, 0.6) is 0 Å². The molecule has 0 aliphatic carbocycles. The number of furan rings is 1. The Morgan fingerprint density at radius 3 is 2.58 bits per heavy atom. The van der Waals surface area contributed by atoms with E-state index in [1.807, 2.05) is 6.26 Å². The number of hydrogen-bond acceptors (Lipinski definition) is 3. The van der Waals surface area contributed by atoms with Crippen molar-refractivity contribution in [2.75, 3.05) is 6.26 Å². The van der Waals surface area contributed by atoms with E-state index < -0.39 is 23.2 Å². The number of rotatable bonds is 3. The summed E-state index contributed by atoms with van der Waals surface area (Å²) in [5, 5.41) is 0.272. The van der Waals surface area contributed by atoms with Crippen LogP contribution in [0.15, 0.2) is 33.5 Å². The van der Waals surface area contributed by atoms with Crippen LogP contribution < -0.4 is 5.56 Å². The van der Waals surface area contributed by atoms with Gasteiger partial charge in [0.05, 0.1) is 16.3 Å². The quantitative estimate of drug-likeness (QED) is 0.542. The molecule has 0 unspecified atom stereocenters. The van der Waals surface area contributed by atoms with Crippen LogP contribution in [0.25, 0.3) is 22.1 Å². The molecule has 3 rings (SSSR count). The minimum Gasteiger partial charge on any atom is -0.459 e. The maximum atomic E-state index is 14.6. The van der Waals surface area contributed by atoms with Crippen molar-refractivity contribution in [3.8, 4) is 11.1 Å². The molecule has 1 aromatic carbocycles. The Morgan fingerprint density at radius 1 is 1.27 bits per heavy atom. The molecule has 3 aromatic rings.